The quantitative estimate of drug-likeness (QED) is 0.845. The number of carbonyl (C=O) groups is 1. The van der Waals surface area contributed by atoms with Gasteiger partial charge in [-0.3, -0.25) is 0 Å². The fourth-order valence-corrected chi connectivity index (χ4v) is 2.80. The normalized spacial score (nSPS) is 17.4. The van der Waals surface area contributed by atoms with Gasteiger partial charge in [-0.25, -0.2) is 4.79 Å². The van der Waals surface area contributed by atoms with Gasteiger partial charge in [-0.05, 0) is 38.2 Å². The second-order valence-corrected chi connectivity index (χ2v) is 5.88. The maximum Gasteiger partial charge on any atom is 0.315 e. The van der Waals surface area contributed by atoms with Crippen molar-refractivity contribution in [2.24, 2.45) is 0 Å². The predicted molar refractivity (Wildman–Crippen MR) is 82.8 cm³/mol. The van der Waals surface area contributed by atoms with Crippen LogP contribution in [-0.4, -0.2) is 18.1 Å². The molecular weight excluding hydrogens is 248 g/mol. The average Bonchev–Trinajstić information content (AvgIpc) is 2.47. The van der Waals surface area contributed by atoms with E-state index < -0.39 is 0 Å². The van der Waals surface area contributed by atoms with Crippen LogP contribution in [0.1, 0.15) is 51.0 Å². The summed E-state index contributed by atoms with van der Waals surface area (Å²) in [7, 11) is 0. The zero-order chi connectivity index (χ0) is 14.2. The Morgan fingerprint density at radius 2 is 1.90 bits per heavy atom. The van der Waals surface area contributed by atoms with Gasteiger partial charge in [0.1, 0.15) is 0 Å². The highest BCUT2D eigenvalue weighted by atomic mass is 16.2. The van der Waals surface area contributed by atoms with Crippen LogP contribution in [0.5, 0.6) is 0 Å². The molecule has 0 bridgehead atoms. The van der Waals surface area contributed by atoms with Gasteiger partial charge in [-0.15, -0.1) is 0 Å². The van der Waals surface area contributed by atoms with Crippen LogP contribution in [0.2, 0.25) is 0 Å². The molecule has 2 N–H and O–H groups in total. The van der Waals surface area contributed by atoms with Crippen molar-refractivity contribution in [2.45, 2.75) is 64.0 Å². The zero-order valence-electron chi connectivity index (χ0n) is 12.4. The van der Waals surface area contributed by atoms with Crippen LogP contribution in [0.3, 0.4) is 0 Å². The lowest BCUT2D eigenvalue weighted by molar-refractivity contribution is 0.229. The van der Waals surface area contributed by atoms with E-state index >= 15 is 0 Å². The smallest absolute Gasteiger partial charge is 0.315 e. The minimum atomic E-state index is -0.00235. The summed E-state index contributed by atoms with van der Waals surface area (Å²) in [6.07, 6.45) is 8.04. The van der Waals surface area contributed by atoms with Gasteiger partial charge in [0.2, 0.25) is 0 Å². The van der Waals surface area contributed by atoms with Gasteiger partial charge in [0, 0.05) is 12.1 Å². The van der Waals surface area contributed by atoms with E-state index in [9.17, 15) is 4.79 Å². The highest BCUT2D eigenvalue weighted by Crippen LogP contribution is 2.17. The second kappa shape index (κ2) is 7.93. The van der Waals surface area contributed by atoms with Crippen molar-refractivity contribution in [1.29, 1.82) is 0 Å². The summed E-state index contributed by atoms with van der Waals surface area (Å²) in [5.74, 6) is 0. The number of aryl methyl sites for hydroxylation is 1. The standard InChI is InChI=1S/C17H26N2O/c1-14(12-13-15-8-4-2-5-9-15)18-17(20)19-16-10-6-3-7-11-16/h2,4-5,8-9,14,16H,3,6-7,10-13H2,1H3,(H2,18,19,20). The van der Waals surface area contributed by atoms with Gasteiger partial charge in [-0.2, -0.15) is 0 Å². The van der Waals surface area contributed by atoms with Crippen LogP contribution in [0.25, 0.3) is 0 Å². The summed E-state index contributed by atoms with van der Waals surface area (Å²) >= 11 is 0. The highest BCUT2D eigenvalue weighted by molar-refractivity contribution is 5.74. The largest absolute Gasteiger partial charge is 0.336 e. The topological polar surface area (TPSA) is 41.1 Å². The number of benzene rings is 1. The molecule has 1 aromatic carbocycles. The Bertz CT molecular complexity index is 399. The van der Waals surface area contributed by atoms with Crippen molar-refractivity contribution in [1.82, 2.24) is 10.6 Å². The van der Waals surface area contributed by atoms with Crippen LogP contribution in [0, 0.1) is 0 Å². The molecule has 2 amide bonds. The Hall–Kier alpha value is -1.51. The van der Waals surface area contributed by atoms with E-state index in [4.69, 9.17) is 0 Å². The Labute approximate surface area is 122 Å². The first-order valence-corrected chi connectivity index (χ1v) is 7.85. The number of nitrogens with one attached hydrogen (secondary N) is 2. The maximum atomic E-state index is 11.9. The van der Waals surface area contributed by atoms with Crippen LogP contribution in [-0.2, 0) is 6.42 Å². The molecule has 0 spiro atoms. The molecule has 0 heterocycles. The van der Waals surface area contributed by atoms with Crippen molar-refractivity contribution >= 4 is 6.03 Å². The van der Waals surface area contributed by atoms with E-state index in [1.54, 1.807) is 0 Å². The van der Waals surface area contributed by atoms with E-state index in [1.165, 1.54) is 24.8 Å². The van der Waals surface area contributed by atoms with Crippen molar-refractivity contribution < 1.29 is 4.79 Å². The molecule has 3 nitrogen and oxygen atoms in total. The second-order valence-electron chi connectivity index (χ2n) is 5.88. The molecule has 0 saturated heterocycles. The van der Waals surface area contributed by atoms with Gasteiger partial charge >= 0.3 is 6.03 Å². The van der Waals surface area contributed by atoms with E-state index in [2.05, 4.69) is 41.8 Å². The summed E-state index contributed by atoms with van der Waals surface area (Å²) in [5, 5.41) is 6.15. The molecule has 1 aliphatic rings. The molecule has 1 unspecified atom stereocenters. The van der Waals surface area contributed by atoms with Crippen LogP contribution in [0.4, 0.5) is 4.79 Å². The molecule has 0 radical (unpaired) electrons. The average molecular weight is 274 g/mol. The molecule has 1 aromatic rings. The lowest BCUT2D eigenvalue weighted by atomic mass is 9.96. The van der Waals surface area contributed by atoms with Gasteiger partial charge in [-0.1, -0.05) is 49.6 Å². The molecular formula is C17H26N2O. The Morgan fingerprint density at radius 1 is 1.20 bits per heavy atom. The molecule has 0 aromatic heterocycles. The number of hydrogen-bond donors (Lipinski definition) is 2. The SMILES string of the molecule is CC(CCc1ccccc1)NC(=O)NC1CCCCC1. The summed E-state index contributed by atoms with van der Waals surface area (Å²) in [4.78, 5) is 11.9. The summed E-state index contributed by atoms with van der Waals surface area (Å²) in [6, 6.07) is 11.0. The third-order valence-corrected chi connectivity index (χ3v) is 4.03. The molecule has 20 heavy (non-hydrogen) atoms. The first kappa shape index (κ1) is 14.9. The van der Waals surface area contributed by atoms with Gasteiger partial charge in [0.25, 0.3) is 0 Å². The summed E-state index contributed by atoms with van der Waals surface area (Å²) in [5.41, 5.74) is 1.33. The highest BCUT2D eigenvalue weighted by Gasteiger charge is 2.16. The summed E-state index contributed by atoms with van der Waals surface area (Å²) in [6.45, 7) is 2.07. The zero-order valence-corrected chi connectivity index (χ0v) is 12.4. The predicted octanol–water partition coefficient (Wildman–Crippen LogP) is 3.64. The van der Waals surface area contributed by atoms with Crippen molar-refractivity contribution in [3.05, 3.63) is 35.9 Å². The van der Waals surface area contributed by atoms with E-state index in [1.807, 2.05) is 6.07 Å². The van der Waals surface area contributed by atoms with Gasteiger partial charge in [0.05, 0.1) is 0 Å². The molecule has 1 aliphatic carbocycles. The molecule has 1 atom stereocenters. The minimum Gasteiger partial charge on any atom is -0.336 e. The molecule has 1 fully saturated rings. The molecule has 2 rings (SSSR count). The summed E-state index contributed by atoms with van der Waals surface area (Å²) < 4.78 is 0. The van der Waals surface area contributed by atoms with Crippen molar-refractivity contribution in [2.75, 3.05) is 0 Å². The third kappa shape index (κ3) is 5.24. The van der Waals surface area contributed by atoms with E-state index in [-0.39, 0.29) is 12.1 Å². The number of urea groups is 1. The monoisotopic (exact) mass is 274 g/mol. The number of rotatable bonds is 5. The number of hydrogen-bond acceptors (Lipinski definition) is 1. The fourth-order valence-electron chi connectivity index (χ4n) is 2.80. The maximum absolute atomic E-state index is 11.9. The third-order valence-electron chi connectivity index (χ3n) is 4.03. The fraction of sp³-hybridized carbons (Fsp3) is 0.588. The Kier molecular flexibility index (Phi) is 5.90. The van der Waals surface area contributed by atoms with Crippen molar-refractivity contribution in [3.63, 3.8) is 0 Å². The lowest BCUT2D eigenvalue weighted by Crippen LogP contribution is -2.46. The number of amides is 2. The van der Waals surface area contributed by atoms with Crippen LogP contribution < -0.4 is 10.6 Å². The molecule has 3 heteroatoms. The van der Waals surface area contributed by atoms with Gasteiger partial charge in [0.15, 0.2) is 0 Å². The molecule has 1 saturated carbocycles. The molecule has 0 aliphatic heterocycles. The van der Waals surface area contributed by atoms with E-state index in [0.717, 1.165) is 25.7 Å². The number of carbonyl (C=O) groups excluding carboxylic acids is 1. The van der Waals surface area contributed by atoms with Crippen LogP contribution in [0.15, 0.2) is 30.3 Å². The lowest BCUT2D eigenvalue weighted by Gasteiger charge is -2.24. The Morgan fingerprint density at radius 3 is 2.60 bits per heavy atom. The Balaban J connectivity index is 1.65. The van der Waals surface area contributed by atoms with Crippen LogP contribution >= 0.6 is 0 Å². The van der Waals surface area contributed by atoms with Crippen molar-refractivity contribution in [3.8, 4) is 0 Å². The minimum absolute atomic E-state index is 0.00235. The first-order chi connectivity index (χ1) is 9.74. The molecule has 110 valence electrons. The first-order valence-electron chi connectivity index (χ1n) is 7.85. The van der Waals surface area contributed by atoms with E-state index in [0.29, 0.717) is 6.04 Å². The van der Waals surface area contributed by atoms with Gasteiger partial charge < -0.3 is 10.6 Å².